The second-order valence-electron chi connectivity index (χ2n) is 3.20. The Balaban J connectivity index is 2.96. The number of hydrogen-bond acceptors (Lipinski definition) is 2. The van der Waals surface area contributed by atoms with Crippen molar-refractivity contribution in [3.05, 3.63) is 41.5 Å². The predicted octanol–water partition coefficient (Wildman–Crippen LogP) is 2.93. The summed E-state index contributed by atoms with van der Waals surface area (Å²) in [5.41, 5.74) is 0.588. The summed E-state index contributed by atoms with van der Waals surface area (Å²) in [6.07, 6.45) is 1.18. The van der Waals surface area contributed by atoms with Crippen molar-refractivity contribution in [2.45, 2.75) is 13.8 Å². The number of halogens is 2. The van der Waals surface area contributed by atoms with Crippen LogP contribution < -0.4 is 0 Å². The fraction of sp³-hybridized carbons (Fsp3) is 0.250. The molecule has 1 aromatic carbocycles. The molecule has 1 aromatic rings. The van der Waals surface area contributed by atoms with E-state index in [4.69, 9.17) is 0 Å². The lowest BCUT2D eigenvalue weighted by Gasteiger charge is -2.03. The van der Waals surface area contributed by atoms with E-state index in [-0.39, 0.29) is 12.2 Å². The smallest absolute Gasteiger partial charge is 0.331 e. The van der Waals surface area contributed by atoms with Gasteiger partial charge < -0.3 is 4.74 Å². The molecule has 4 heteroatoms. The van der Waals surface area contributed by atoms with Crippen LogP contribution in [0, 0.1) is 11.6 Å². The third-order valence-electron chi connectivity index (χ3n) is 1.98. The van der Waals surface area contributed by atoms with E-state index in [9.17, 15) is 13.6 Å². The molecule has 16 heavy (non-hydrogen) atoms. The van der Waals surface area contributed by atoms with Gasteiger partial charge in [-0.15, -0.1) is 0 Å². The van der Waals surface area contributed by atoms with Crippen LogP contribution in [0.1, 0.15) is 19.4 Å². The number of allylic oxidation sites excluding steroid dienone is 1. The molecule has 0 bridgehead atoms. The van der Waals surface area contributed by atoms with Crippen molar-refractivity contribution < 1.29 is 18.3 Å². The quantitative estimate of drug-likeness (QED) is 0.585. The average Bonchev–Trinajstić information content (AvgIpc) is 2.17. The molecule has 0 heterocycles. The lowest BCUT2D eigenvalue weighted by Crippen LogP contribution is -2.00. The second-order valence-corrected chi connectivity index (χ2v) is 3.20. The van der Waals surface area contributed by atoms with E-state index >= 15 is 0 Å². The van der Waals surface area contributed by atoms with Gasteiger partial charge in [-0.3, -0.25) is 0 Å². The average molecular weight is 226 g/mol. The molecule has 0 saturated heterocycles. The van der Waals surface area contributed by atoms with Crippen molar-refractivity contribution >= 4 is 11.5 Å². The molecular weight excluding hydrogens is 214 g/mol. The van der Waals surface area contributed by atoms with Gasteiger partial charge in [0, 0.05) is 17.7 Å². The Labute approximate surface area is 92.5 Å². The van der Waals surface area contributed by atoms with E-state index in [1.807, 2.05) is 0 Å². The first-order valence-corrected chi connectivity index (χ1v) is 4.85. The van der Waals surface area contributed by atoms with Crippen molar-refractivity contribution in [1.82, 2.24) is 0 Å². The van der Waals surface area contributed by atoms with Crippen LogP contribution in [0.25, 0.3) is 5.57 Å². The van der Waals surface area contributed by atoms with Gasteiger partial charge in [-0.25, -0.2) is 13.6 Å². The summed E-state index contributed by atoms with van der Waals surface area (Å²) in [6, 6.07) is 3.20. The number of benzene rings is 1. The van der Waals surface area contributed by atoms with Gasteiger partial charge >= 0.3 is 5.97 Å². The molecular formula is C12H12F2O2. The molecule has 1 rings (SSSR count). The topological polar surface area (TPSA) is 26.3 Å². The maximum Gasteiger partial charge on any atom is 0.331 e. The molecule has 0 aliphatic rings. The summed E-state index contributed by atoms with van der Waals surface area (Å²) >= 11 is 0. The predicted molar refractivity (Wildman–Crippen MR) is 56.6 cm³/mol. The molecule has 0 amide bonds. The van der Waals surface area contributed by atoms with E-state index < -0.39 is 17.6 Å². The molecule has 0 aromatic heterocycles. The van der Waals surface area contributed by atoms with Crippen LogP contribution in [-0.2, 0) is 9.53 Å². The molecule has 0 saturated carbocycles. The van der Waals surface area contributed by atoms with Crippen LogP contribution in [0.3, 0.4) is 0 Å². The van der Waals surface area contributed by atoms with E-state index in [2.05, 4.69) is 4.74 Å². The highest BCUT2D eigenvalue weighted by atomic mass is 19.1. The zero-order chi connectivity index (χ0) is 12.1. The van der Waals surface area contributed by atoms with Crippen molar-refractivity contribution in [2.75, 3.05) is 6.61 Å². The first kappa shape index (κ1) is 12.4. The Bertz CT molecular complexity index is 425. The maximum atomic E-state index is 13.3. The molecule has 0 atom stereocenters. The fourth-order valence-electron chi connectivity index (χ4n) is 1.25. The van der Waals surface area contributed by atoms with Crippen molar-refractivity contribution in [2.24, 2.45) is 0 Å². The molecule has 0 aliphatic carbocycles. The Morgan fingerprint density at radius 1 is 1.44 bits per heavy atom. The standard InChI is InChI=1S/C12H12F2O2/c1-3-16-12(15)6-8(2)10-5-4-9(13)7-11(10)14/h4-7H,3H2,1-2H3/b8-6-. The Morgan fingerprint density at radius 2 is 2.12 bits per heavy atom. The molecule has 0 fully saturated rings. The summed E-state index contributed by atoms with van der Waals surface area (Å²) in [5, 5.41) is 0. The molecule has 0 N–H and O–H groups in total. The zero-order valence-electron chi connectivity index (χ0n) is 9.09. The fourth-order valence-corrected chi connectivity index (χ4v) is 1.25. The third-order valence-corrected chi connectivity index (χ3v) is 1.98. The van der Waals surface area contributed by atoms with E-state index in [1.165, 1.54) is 12.1 Å². The lowest BCUT2D eigenvalue weighted by atomic mass is 10.1. The monoisotopic (exact) mass is 226 g/mol. The lowest BCUT2D eigenvalue weighted by molar-refractivity contribution is -0.137. The van der Waals surface area contributed by atoms with E-state index in [0.717, 1.165) is 12.1 Å². The second kappa shape index (κ2) is 5.39. The van der Waals surface area contributed by atoms with Crippen molar-refractivity contribution in [1.29, 1.82) is 0 Å². The van der Waals surface area contributed by atoms with E-state index in [0.29, 0.717) is 5.57 Å². The number of hydrogen-bond donors (Lipinski definition) is 0. The SMILES string of the molecule is CCOC(=O)/C=C(/C)c1ccc(F)cc1F. The van der Waals surface area contributed by atoms with Crippen molar-refractivity contribution in [3.8, 4) is 0 Å². The molecule has 0 unspecified atom stereocenters. The molecule has 0 radical (unpaired) electrons. The highest BCUT2D eigenvalue weighted by molar-refractivity contribution is 5.90. The number of ether oxygens (including phenoxy) is 1. The van der Waals surface area contributed by atoms with Crippen LogP contribution >= 0.6 is 0 Å². The largest absolute Gasteiger partial charge is 0.463 e. The van der Waals surface area contributed by atoms with Crippen molar-refractivity contribution in [3.63, 3.8) is 0 Å². The Kier molecular flexibility index (Phi) is 4.17. The molecule has 86 valence electrons. The Hall–Kier alpha value is -1.71. The summed E-state index contributed by atoms with van der Waals surface area (Å²) in [4.78, 5) is 11.1. The number of carbonyl (C=O) groups excluding carboxylic acids is 1. The molecule has 0 spiro atoms. The minimum absolute atomic E-state index is 0.189. The van der Waals surface area contributed by atoms with Crippen LogP contribution in [-0.4, -0.2) is 12.6 Å². The van der Waals surface area contributed by atoms with Crippen LogP contribution in [0.5, 0.6) is 0 Å². The summed E-state index contributed by atoms with van der Waals surface area (Å²) in [5.74, 6) is -1.88. The maximum absolute atomic E-state index is 13.3. The zero-order valence-corrected chi connectivity index (χ0v) is 9.09. The summed E-state index contributed by atoms with van der Waals surface area (Å²) < 4.78 is 30.6. The number of carbonyl (C=O) groups is 1. The Morgan fingerprint density at radius 3 is 2.69 bits per heavy atom. The van der Waals surface area contributed by atoms with Gasteiger partial charge in [-0.1, -0.05) is 0 Å². The molecule has 0 aliphatic heterocycles. The van der Waals surface area contributed by atoms with Crippen LogP contribution in [0.4, 0.5) is 8.78 Å². The number of rotatable bonds is 3. The van der Waals surface area contributed by atoms with Gasteiger partial charge in [0.25, 0.3) is 0 Å². The third kappa shape index (κ3) is 3.15. The van der Waals surface area contributed by atoms with Gasteiger partial charge in [-0.2, -0.15) is 0 Å². The summed E-state index contributed by atoms with van der Waals surface area (Å²) in [6.45, 7) is 3.50. The van der Waals surface area contributed by atoms with Crippen LogP contribution in [0.2, 0.25) is 0 Å². The highest BCUT2D eigenvalue weighted by Crippen LogP contribution is 2.18. The number of esters is 1. The van der Waals surface area contributed by atoms with Gasteiger partial charge in [0.1, 0.15) is 11.6 Å². The first-order chi connectivity index (χ1) is 7.54. The van der Waals surface area contributed by atoms with E-state index in [1.54, 1.807) is 13.8 Å². The van der Waals surface area contributed by atoms with Gasteiger partial charge in [0.2, 0.25) is 0 Å². The minimum atomic E-state index is -0.696. The normalized spacial score (nSPS) is 11.4. The molecule has 2 nitrogen and oxygen atoms in total. The summed E-state index contributed by atoms with van der Waals surface area (Å²) in [7, 11) is 0. The van der Waals surface area contributed by atoms with Gasteiger partial charge in [0.15, 0.2) is 0 Å². The first-order valence-electron chi connectivity index (χ1n) is 4.85. The van der Waals surface area contributed by atoms with Gasteiger partial charge in [0.05, 0.1) is 6.61 Å². The highest BCUT2D eigenvalue weighted by Gasteiger charge is 2.07. The minimum Gasteiger partial charge on any atom is -0.463 e. The van der Waals surface area contributed by atoms with Crippen LogP contribution in [0.15, 0.2) is 24.3 Å². The van der Waals surface area contributed by atoms with Gasteiger partial charge in [-0.05, 0) is 31.6 Å².